The van der Waals surface area contributed by atoms with Gasteiger partial charge in [0.25, 0.3) is 0 Å². The second-order valence-corrected chi connectivity index (χ2v) is 6.31. The molecule has 0 N–H and O–H groups in total. The number of ether oxygens (including phenoxy) is 1. The van der Waals surface area contributed by atoms with Crippen LogP contribution < -0.4 is 0 Å². The Labute approximate surface area is 123 Å². The fourth-order valence-corrected chi connectivity index (χ4v) is 3.57. The zero-order chi connectivity index (χ0) is 12.8. The van der Waals surface area contributed by atoms with Crippen molar-refractivity contribution >= 4 is 27.5 Å². The highest BCUT2D eigenvalue weighted by Crippen LogP contribution is 2.38. The molecule has 1 aliphatic carbocycles. The lowest BCUT2D eigenvalue weighted by Gasteiger charge is -2.35. The van der Waals surface area contributed by atoms with E-state index in [9.17, 15) is 0 Å². The number of hydrogen-bond donors (Lipinski definition) is 0. The molecule has 3 heteroatoms. The van der Waals surface area contributed by atoms with Gasteiger partial charge in [-0.25, -0.2) is 0 Å². The van der Waals surface area contributed by atoms with Crippen LogP contribution in [0.2, 0.25) is 5.02 Å². The third-order valence-corrected chi connectivity index (χ3v) is 5.19. The smallest absolute Gasteiger partial charge is 0.0717 e. The lowest BCUT2D eigenvalue weighted by molar-refractivity contribution is 0.0256. The molecule has 1 saturated carbocycles. The van der Waals surface area contributed by atoms with Crippen LogP contribution in [0.5, 0.6) is 0 Å². The standard InChI is InChI=1S/C15H20BrClO/c16-11-15(7-2-1-3-8-15)12-18-10-13-5-4-6-14(17)9-13/h4-6,9H,1-3,7-8,10-12H2. The van der Waals surface area contributed by atoms with Gasteiger partial charge >= 0.3 is 0 Å². The van der Waals surface area contributed by atoms with Crippen LogP contribution in [0.4, 0.5) is 0 Å². The number of halogens is 2. The molecule has 0 unspecified atom stereocenters. The van der Waals surface area contributed by atoms with Crippen molar-refractivity contribution in [2.45, 2.75) is 38.7 Å². The van der Waals surface area contributed by atoms with Gasteiger partial charge in [-0.15, -0.1) is 0 Å². The van der Waals surface area contributed by atoms with Crippen LogP contribution in [0.1, 0.15) is 37.7 Å². The molecule has 0 aliphatic heterocycles. The summed E-state index contributed by atoms with van der Waals surface area (Å²) >= 11 is 9.63. The first-order valence-corrected chi connectivity index (χ1v) is 8.12. The molecule has 1 fully saturated rings. The molecule has 0 saturated heterocycles. The van der Waals surface area contributed by atoms with Gasteiger partial charge in [0.1, 0.15) is 0 Å². The highest BCUT2D eigenvalue weighted by molar-refractivity contribution is 9.09. The van der Waals surface area contributed by atoms with Crippen LogP contribution in [0.15, 0.2) is 24.3 Å². The van der Waals surface area contributed by atoms with Crippen LogP contribution in [-0.4, -0.2) is 11.9 Å². The van der Waals surface area contributed by atoms with E-state index in [0.717, 1.165) is 22.5 Å². The van der Waals surface area contributed by atoms with E-state index in [1.54, 1.807) is 0 Å². The van der Waals surface area contributed by atoms with Crippen molar-refractivity contribution < 1.29 is 4.74 Å². The molecule has 1 aromatic rings. The van der Waals surface area contributed by atoms with Crippen molar-refractivity contribution in [2.75, 3.05) is 11.9 Å². The summed E-state index contributed by atoms with van der Waals surface area (Å²) < 4.78 is 5.92. The second kappa shape index (κ2) is 6.93. The summed E-state index contributed by atoms with van der Waals surface area (Å²) in [6.07, 6.45) is 6.63. The summed E-state index contributed by atoms with van der Waals surface area (Å²) in [4.78, 5) is 0. The fraction of sp³-hybridized carbons (Fsp3) is 0.600. The van der Waals surface area contributed by atoms with E-state index in [1.807, 2.05) is 18.2 Å². The van der Waals surface area contributed by atoms with E-state index in [0.29, 0.717) is 12.0 Å². The van der Waals surface area contributed by atoms with Crippen LogP contribution >= 0.6 is 27.5 Å². The van der Waals surface area contributed by atoms with Gasteiger partial charge < -0.3 is 4.74 Å². The van der Waals surface area contributed by atoms with Crippen molar-refractivity contribution in [3.63, 3.8) is 0 Å². The molecule has 2 rings (SSSR count). The maximum Gasteiger partial charge on any atom is 0.0717 e. The number of rotatable bonds is 5. The van der Waals surface area contributed by atoms with Gasteiger partial charge in [0.2, 0.25) is 0 Å². The molecule has 18 heavy (non-hydrogen) atoms. The molecule has 1 aliphatic rings. The van der Waals surface area contributed by atoms with E-state index in [-0.39, 0.29) is 0 Å². The average molecular weight is 332 g/mol. The molecule has 0 atom stereocenters. The average Bonchev–Trinajstić information content (AvgIpc) is 2.40. The first-order chi connectivity index (χ1) is 8.74. The lowest BCUT2D eigenvalue weighted by atomic mass is 9.76. The van der Waals surface area contributed by atoms with E-state index in [4.69, 9.17) is 16.3 Å². The van der Waals surface area contributed by atoms with Gasteiger partial charge in [0.15, 0.2) is 0 Å². The minimum atomic E-state index is 0.358. The van der Waals surface area contributed by atoms with Gasteiger partial charge in [-0.3, -0.25) is 0 Å². The highest BCUT2D eigenvalue weighted by Gasteiger charge is 2.31. The molecular formula is C15H20BrClO. The van der Waals surface area contributed by atoms with Gasteiger partial charge in [0, 0.05) is 15.8 Å². The molecule has 1 aromatic carbocycles. The monoisotopic (exact) mass is 330 g/mol. The predicted molar refractivity (Wildman–Crippen MR) is 80.4 cm³/mol. The second-order valence-electron chi connectivity index (χ2n) is 5.32. The SMILES string of the molecule is Clc1cccc(COCC2(CBr)CCCCC2)c1. The summed E-state index contributed by atoms with van der Waals surface area (Å²) in [5.41, 5.74) is 1.51. The van der Waals surface area contributed by atoms with E-state index >= 15 is 0 Å². The molecule has 0 spiro atoms. The van der Waals surface area contributed by atoms with E-state index in [1.165, 1.54) is 32.1 Å². The molecule has 0 amide bonds. The van der Waals surface area contributed by atoms with Crippen molar-refractivity contribution in [3.05, 3.63) is 34.9 Å². The third kappa shape index (κ3) is 3.97. The number of hydrogen-bond acceptors (Lipinski definition) is 1. The van der Waals surface area contributed by atoms with Crippen LogP contribution in [-0.2, 0) is 11.3 Å². The summed E-state index contributed by atoms with van der Waals surface area (Å²) in [7, 11) is 0. The Morgan fingerprint density at radius 2 is 2.00 bits per heavy atom. The normalized spacial score (nSPS) is 18.8. The topological polar surface area (TPSA) is 9.23 Å². The molecule has 0 bridgehead atoms. The fourth-order valence-electron chi connectivity index (χ4n) is 2.63. The van der Waals surface area contributed by atoms with Crippen LogP contribution in [0.3, 0.4) is 0 Å². The Morgan fingerprint density at radius 3 is 2.67 bits per heavy atom. The summed E-state index contributed by atoms with van der Waals surface area (Å²) in [6, 6.07) is 7.91. The molecule has 0 radical (unpaired) electrons. The Kier molecular flexibility index (Phi) is 5.53. The zero-order valence-electron chi connectivity index (χ0n) is 10.6. The van der Waals surface area contributed by atoms with Gasteiger partial charge in [-0.2, -0.15) is 0 Å². The van der Waals surface area contributed by atoms with Crippen LogP contribution in [0.25, 0.3) is 0 Å². The molecular weight excluding hydrogens is 312 g/mol. The quantitative estimate of drug-likeness (QED) is 0.674. The molecule has 1 nitrogen and oxygen atoms in total. The number of benzene rings is 1. The maximum atomic E-state index is 5.96. The van der Waals surface area contributed by atoms with Gasteiger partial charge in [-0.05, 0) is 30.5 Å². The first kappa shape index (κ1) is 14.4. The van der Waals surface area contributed by atoms with Crippen molar-refractivity contribution in [2.24, 2.45) is 5.41 Å². The minimum absolute atomic E-state index is 0.358. The maximum absolute atomic E-state index is 5.96. The minimum Gasteiger partial charge on any atom is -0.376 e. The Hall–Kier alpha value is -0.0500. The Morgan fingerprint density at radius 1 is 1.22 bits per heavy atom. The van der Waals surface area contributed by atoms with E-state index in [2.05, 4.69) is 22.0 Å². The van der Waals surface area contributed by atoms with Crippen molar-refractivity contribution in [3.8, 4) is 0 Å². The lowest BCUT2D eigenvalue weighted by Crippen LogP contribution is -2.31. The molecule has 100 valence electrons. The van der Waals surface area contributed by atoms with Crippen molar-refractivity contribution in [1.29, 1.82) is 0 Å². The first-order valence-electron chi connectivity index (χ1n) is 6.62. The summed E-state index contributed by atoms with van der Waals surface area (Å²) in [6.45, 7) is 1.51. The Balaban J connectivity index is 1.83. The van der Waals surface area contributed by atoms with E-state index < -0.39 is 0 Å². The molecule has 0 heterocycles. The van der Waals surface area contributed by atoms with Crippen LogP contribution in [0, 0.1) is 5.41 Å². The largest absolute Gasteiger partial charge is 0.376 e. The molecule has 0 aromatic heterocycles. The third-order valence-electron chi connectivity index (χ3n) is 3.76. The predicted octanol–water partition coefficient (Wildman–Crippen LogP) is 5.20. The highest BCUT2D eigenvalue weighted by atomic mass is 79.9. The zero-order valence-corrected chi connectivity index (χ0v) is 13.0. The van der Waals surface area contributed by atoms with Crippen molar-refractivity contribution in [1.82, 2.24) is 0 Å². The summed E-state index contributed by atoms with van der Waals surface area (Å²) in [5.74, 6) is 0. The number of alkyl halides is 1. The van der Waals surface area contributed by atoms with Gasteiger partial charge in [-0.1, -0.05) is 58.9 Å². The van der Waals surface area contributed by atoms with Gasteiger partial charge in [0.05, 0.1) is 13.2 Å². The Bertz CT molecular complexity index is 375. The summed E-state index contributed by atoms with van der Waals surface area (Å²) in [5, 5.41) is 1.83.